The van der Waals surface area contributed by atoms with Gasteiger partial charge in [-0.3, -0.25) is 9.89 Å². The van der Waals surface area contributed by atoms with Crippen LogP contribution in [-0.4, -0.2) is 27.2 Å². The zero-order chi connectivity index (χ0) is 15.5. The van der Waals surface area contributed by atoms with Gasteiger partial charge in [0.05, 0.1) is 12.3 Å². The highest BCUT2D eigenvalue weighted by Gasteiger charge is 2.19. The number of nitrogens with zero attached hydrogens (tertiary/aromatic N) is 2. The molecule has 0 spiro atoms. The lowest BCUT2D eigenvalue weighted by atomic mass is 9.96. The number of carbonyl (C=O) groups excluding carboxylic acids is 1. The number of hydrogen-bond acceptors (Lipinski definition) is 4. The minimum absolute atomic E-state index is 0.181. The van der Waals surface area contributed by atoms with Crippen LogP contribution in [0.5, 0.6) is 0 Å². The van der Waals surface area contributed by atoms with Gasteiger partial charge in [0.15, 0.2) is 5.65 Å². The fraction of sp³-hybridized carbons (Fsp3) is 0.562. The summed E-state index contributed by atoms with van der Waals surface area (Å²) >= 11 is 0. The number of carbonyl (C=O) groups is 1. The highest BCUT2D eigenvalue weighted by atomic mass is 16.5. The van der Waals surface area contributed by atoms with Crippen LogP contribution in [0.25, 0.3) is 5.65 Å². The SMILES string of the molecule is CCOC(=O)c1cc2nc(C3CCCCCC3)cc(=O)n2[nH]1. The number of aromatic nitrogens is 3. The molecule has 2 aromatic rings. The lowest BCUT2D eigenvalue weighted by Crippen LogP contribution is -2.17. The maximum Gasteiger partial charge on any atom is 0.356 e. The molecular formula is C16H21N3O3. The first-order chi connectivity index (χ1) is 10.7. The number of rotatable bonds is 3. The normalized spacial score (nSPS) is 16.6. The predicted molar refractivity (Wildman–Crippen MR) is 82.2 cm³/mol. The van der Waals surface area contributed by atoms with Crippen molar-refractivity contribution < 1.29 is 9.53 Å². The summed E-state index contributed by atoms with van der Waals surface area (Å²) in [5, 5.41) is 2.76. The molecule has 118 valence electrons. The Morgan fingerprint density at radius 3 is 2.73 bits per heavy atom. The van der Waals surface area contributed by atoms with E-state index < -0.39 is 5.97 Å². The maximum atomic E-state index is 12.3. The fourth-order valence-corrected chi connectivity index (χ4v) is 3.11. The van der Waals surface area contributed by atoms with E-state index in [1.165, 1.54) is 30.2 Å². The van der Waals surface area contributed by atoms with Crippen molar-refractivity contribution in [3.8, 4) is 0 Å². The van der Waals surface area contributed by atoms with Crippen molar-refractivity contribution >= 4 is 11.6 Å². The lowest BCUT2D eigenvalue weighted by molar-refractivity contribution is 0.0519. The van der Waals surface area contributed by atoms with E-state index in [1.54, 1.807) is 19.1 Å². The molecule has 22 heavy (non-hydrogen) atoms. The van der Waals surface area contributed by atoms with Gasteiger partial charge < -0.3 is 4.74 Å². The van der Waals surface area contributed by atoms with Gasteiger partial charge in [-0.1, -0.05) is 25.7 Å². The molecule has 6 heteroatoms. The first-order valence-electron chi connectivity index (χ1n) is 7.99. The van der Waals surface area contributed by atoms with E-state index in [-0.39, 0.29) is 11.3 Å². The van der Waals surface area contributed by atoms with E-state index >= 15 is 0 Å². The Morgan fingerprint density at radius 2 is 2.05 bits per heavy atom. The molecule has 0 radical (unpaired) electrons. The van der Waals surface area contributed by atoms with Crippen molar-refractivity contribution in [3.63, 3.8) is 0 Å². The smallest absolute Gasteiger partial charge is 0.356 e. The molecule has 0 aliphatic heterocycles. The molecule has 1 aliphatic rings. The van der Waals surface area contributed by atoms with Crippen LogP contribution in [-0.2, 0) is 4.74 Å². The summed E-state index contributed by atoms with van der Waals surface area (Å²) in [7, 11) is 0. The van der Waals surface area contributed by atoms with Gasteiger partial charge in [0.2, 0.25) is 0 Å². The highest BCUT2D eigenvalue weighted by molar-refractivity contribution is 5.88. The van der Waals surface area contributed by atoms with E-state index in [0.717, 1.165) is 18.5 Å². The van der Waals surface area contributed by atoms with Crippen molar-refractivity contribution in [2.75, 3.05) is 6.61 Å². The topological polar surface area (TPSA) is 76.5 Å². The number of esters is 1. The van der Waals surface area contributed by atoms with Gasteiger partial charge >= 0.3 is 5.97 Å². The Bertz CT molecular complexity index is 724. The second-order valence-electron chi connectivity index (χ2n) is 5.79. The quantitative estimate of drug-likeness (QED) is 0.698. The van der Waals surface area contributed by atoms with Crippen molar-refractivity contribution in [2.45, 2.75) is 51.4 Å². The standard InChI is InChI=1S/C16H21N3O3/c1-2-22-16(21)13-9-14-17-12(10-15(20)19(14)18-13)11-7-5-3-4-6-8-11/h9-11,18H,2-8H2,1H3. The van der Waals surface area contributed by atoms with Gasteiger partial charge in [-0.15, -0.1) is 0 Å². The summed E-state index contributed by atoms with van der Waals surface area (Å²) in [4.78, 5) is 28.6. The van der Waals surface area contributed by atoms with Crippen molar-refractivity contribution in [1.29, 1.82) is 0 Å². The van der Waals surface area contributed by atoms with Gasteiger partial charge in [0, 0.05) is 18.1 Å². The Labute approximate surface area is 128 Å². The molecule has 0 atom stereocenters. The molecule has 0 amide bonds. The Kier molecular flexibility index (Phi) is 4.27. The Balaban J connectivity index is 1.97. The van der Waals surface area contributed by atoms with Crippen LogP contribution >= 0.6 is 0 Å². The van der Waals surface area contributed by atoms with Crippen LogP contribution in [0.1, 0.15) is 67.5 Å². The van der Waals surface area contributed by atoms with Crippen LogP contribution in [0.4, 0.5) is 0 Å². The summed E-state index contributed by atoms with van der Waals surface area (Å²) in [6.07, 6.45) is 7.05. The molecule has 0 unspecified atom stereocenters. The van der Waals surface area contributed by atoms with Crippen molar-refractivity contribution in [3.05, 3.63) is 33.9 Å². The Hall–Kier alpha value is -2.11. The van der Waals surface area contributed by atoms with E-state index in [2.05, 4.69) is 10.1 Å². The third-order valence-corrected chi connectivity index (χ3v) is 4.24. The van der Waals surface area contributed by atoms with E-state index in [9.17, 15) is 9.59 Å². The first-order valence-corrected chi connectivity index (χ1v) is 7.99. The summed E-state index contributed by atoms with van der Waals surface area (Å²) in [5.74, 6) is -0.121. The number of fused-ring (bicyclic) bond motifs is 1. The molecule has 6 nitrogen and oxygen atoms in total. The average Bonchev–Trinajstić information content (AvgIpc) is 2.76. The van der Waals surface area contributed by atoms with Gasteiger partial charge in [0.25, 0.3) is 5.56 Å². The number of H-pyrrole nitrogens is 1. The molecule has 1 saturated carbocycles. The zero-order valence-electron chi connectivity index (χ0n) is 12.8. The van der Waals surface area contributed by atoms with Gasteiger partial charge in [-0.2, -0.15) is 0 Å². The van der Waals surface area contributed by atoms with E-state index in [4.69, 9.17) is 4.74 Å². The third-order valence-electron chi connectivity index (χ3n) is 4.24. The molecule has 2 aromatic heterocycles. The Morgan fingerprint density at radius 1 is 1.32 bits per heavy atom. The number of nitrogens with one attached hydrogen (secondary N) is 1. The van der Waals surface area contributed by atoms with Crippen LogP contribution in [0, 0.1) is 0 Å². The number of aromatic amines is 1. The van der Waals surface area contributed by atoms with Crippen LogP contribution in [0.2, 0.25) is 0 Å². The molecule has 0 bridgehead atoms. The van der Waals surface area contributed by atoms with Gasteiger partial charge in [-0.05, 0) is 19.8 Å². The fourth-order valence-electron chi connectivity index (χ4n) is 3.11. The molecular weight excluding hydrogens is 282 g/mol. The van der Waals surface area contributed by atoms with Crippen molar-refractivity contribution in [1.82, 2.24) is 14.6 Å². The van der Waals surface area contributed by atoms with E-state index in [1.807, 2.05) is 0 Å². The maximum absolute atomic E-state index is 12.3. The molecule has 1 aliphatic carbocycles. The molecule has 0 saturated heterocycles. The lowest BCUT2D eigenvalue weighted by Gasteiger charge is -2.12. The largest absolute Gasteiger partial charge is 0.461 e. The molecule has 2 heterocycles. The first kappa shape index (κ1) is 14.8. The number of ether oxygens (including phenoxy) is 1. The zero-order valence-corrected chi connectivity index (χ0v) is 12.8. The second-order valence-corrected chi connectivity index (χ2v) is 5.79. The minimum Gasteiger partial charge on any atom is -0.461 e. The van der Waals surface area contributed by atoms with Crippen LogP contribution in [0.15, 0.2) is 16.9 Å². The predicted octanol–water partition coefficient (Wildman–Crippen LogP) is 2.64. The van der Waals surface area contributed by atoms with Crippen LogP contribution in [0.3, 0.4) is 0 Å². The highest BCUT2D eigenvalue weighted by Crippen LogP contribution is 2.30. The third kappa shape index (κ3) is 2.91. The van der Waals surface area contributed by atoms with E-state index in [0.29, 0.717) is 18.2 Å². The molecule has 1 fully saturated rings. The minimum atomic E-state index is -0.469. The summed E-state index contributed by atoms with van der Waals surface area (Å²) in [6.45, 7) is 2.04. The van der Waals surface area contributed by atoms with Crippen LogP contribution < -0.4 is 5.56 Å². The van der Waals surface area contributed by atoms with Gasteiger partial charge in [-0.25, -0.2) is 14.3 Å². The summed E-state index contributed by atoms with van der Waals surface area (Å²) < 4.78 is 6.25. The van der Waals surface area contributed by atoms with Crippen molar-refractivity contribution in [2.24, 2.45) is 0 Å². The molecule has 1 N–H and O–H groups in total. The summed E-state index contributed by atoms with van der Waals surface area (Å²) in [5.41, 5.74) is 1.40. The second kappa shape index (κ2) is 6.34. The average molecular weight is 303 g/mol. The summed E-state index contributed by atoms with van der Waals surface area (Å²) in [6, 6.07) is 3.17. The van der Waals surface area contributed by atoms with Gasteiger partial charge in [0.1, 0.15) is 5.69 Å². The molecule has 3 rings (SSSR count). The number of hydrogen-bond donors (Lipinski definition) is 1. The monoisotopic (exact) mass is 303 g/mol. The molecule has 0 aromatic carbocycles.